The Labute approximate surface area is 199 Å². The third-order valence-electron chi connectivity index (χ3n) is 5.51. The van der Waals surface area contributed by atoms with Crippen LogP contribution in [0.3, 0.4) is 0 Å². The summed E-state index contributed by atoms with van der Waals surface area (Å²) >= 11 is 0. The first-order chi connectivity index (χ1) is 13.9. The Morgan fingerprint density at radius 3 is 2.50 bits per heavy atom. The van der Waals surface area contributed by atoms with Gasteiger partial charge >= 0.3 is 0 Å². The number of halogens is 1. The maximum absolute atomic E-state index is 4.77. The SMILES string of the molecule is CCNC(=NCCC(C)N(C)Cc1ccccc1)NCCc1c(C)nn(C)c1C.I. The zero-order valence-corrected chi connectivity index (χ0v) is 21.7. The molecule has 0 aliphatic heterocycles. The predicted molar refractivity (Wildman–Crippen MR) is 138 cm³/mol. The standard InChI is InChI=1S/C23H38N6.HI/c1-7-24-23(26-16-14-22-19(3)27-29(6)20(22)4)25-15-13-18(2)28(5)17-21-11-9-8-10-12-21;/h8-12,18H,7,13-17H2,1-6H3,(H2,24,25,26);1H. The van der Waals surface area contributed by atoms with E-state index >= 15 is 0 Å². The van der Waals surface area contributed by atoms with Crippen molar-refractivity contribution < 1.29 is 0 Å². The van der Waals surface area contributed by atoms with E-state index in [0.717, 1.165) is 50.7 Å². The van der Waals surface area contributed by atoms with Crippen LogP contribution in [0, 0.1) is 13.8 Å². The Morgan fingerprint density at radius 1 is 1.20 bits per heavy atom. The molecule has 0 amide bonds. The van der Waals surface area contributed by atoms with Crippen LogP contribution in [0.25, 0.3) is 0 Å². The lowest BCUT2D eigenvalue weighted by atomic mass is 10.1. The quantitative estimate of drug-likeness (QED) is 0.282. The molecule has 30 heavy (non-hydrogen) atoms. The highest BCUT2D eigenvalue weighted by Gasteiger charge is 2.11. The molecule has 0 saturated heterocycles. The van der Waals surface area contributed by atoms with Gasteiger partial charge in [0.25, 0.3) is 0 Å². The van der Waals surface area contributed by atoms with E-state index in [1.165, 1.54) is 16.8 Å². The lowest BCUT2D eigenvalue weighted by molar-refractivity contribution is 0.240. The van der Waals surface area contributed by atoms with Crippen molar-refractivity contribution >= 4 is 29.9 Å². The third kappa shape index (κ3) is 8.26. The number of aliphatic imine (C=N–C) groups is 1. The number of nitrogens with zero attached hydrogens (tertiary/aromatic N) is 4. The molecule has 0 aliphatic rings. The topological polar surface area (TPSA) is 57.5 Å². The summed E-state index contributed by atoms with van der Waals surface area (Å²) < 4.78 is 1.96. The summed E-state index contributed by atoms with van der Waals surface area (Å²) in [4.78, 5) is 7.16. The molecule has 1 unspecified atom stereocenters. The van der Waals surface area contributed by atoms with E-state index in [2.05, 4.69) is 85.7 Å². The number of hydrogen-bond donors (Lipinski definition) is 2. The summed E-state index contributed by atoms with van der Waals surface area (Å²) in [5.74, 6) is 0.893. The van der Waals surface area contributed by atoms with Crippen molar-refractivity contribution in [1.29, 1.82) is 0 Å². The minimum absolute atomic E-state index is 0. The predicted octanol–water partition coefficient (Wildman–Crippen LogP) is 3.66. The van der Waals surface area contributed by atoms with Crippen LogP contribution in [0.4, 0.5) is 0 Å². The van der Waals surface area contributed by atoms with E-state index < -0.39 is 0 Å². The molecule has 0 spiro atoms. The molecule has 1 aromatic heterocycles. The van der Waals surface area contributed by atoms with E-state index in [9.17, 15) is 0 Å². The molecule has 0 saturated carbocycles. The number of guanidine groups is 1. The molecule has 2 aromatic rings. The second-order valence-corrected chi connectivity index (χ2v) is 7.75. The van der Waals surface area contributed by atoms with Gasteiger partial charge in [-0.1, -0.05) is 30.3 Å². The van der Waals surface area contributed by atoms with Crippen LogP contribution < -0.4 is 10.6 Å². The normalized spacial score (nSPS) is 12.6. The minimum atomic E-state index is 0. The Balaban J connectivity index is 0.00000450. The maximum atomic E-state index is 4.77. The number of hydrogen-bond acceptors (Lipinski definition) is 3. The van der Waals surface area contributed by atoms with Gasteiger partial charge in [-0.15, -0.1) is 24.0 Å². The average Bonchev–Trinajstić information content (AvgIpc) is 2.94. The van der Waals surface area contributed by atoms with Gasteiger partial charge in [0.1, 0.15) is 0 Å². The molecule has 1 aromatic carbocycles. The van der Waals surface area contributed by atoms with Crippen molar-refractivity contribution in [3.63, 3.8) is 0 Å². The van der Waals surface area contributed by atoms with Crippen molar-refractivity contribution in [3.8, 4) is 0 Å². The highest BCUT2D eigenvalue weighted by atomic mass is 127. The number of aromatic nitrogens is 2. The smallest absolute Gasteiger partial charge is 0.191 e. The molecular weight excluding hydrogens is 487 g/mol. The largest absolute Gasteiger partial charge is 0.357 e. The molecule has 7 heteroatoms. The monoisotopic (exact) mass is 526 g/mol. The van der Waals surface area contributed by atoms with E-state index in [1.807, 2.05) is 11.7 Å². The summed E-state index contributed by atoms with van der Waals surface area (Å²) in [6, 6.07) is 11.1. The third-order valence-corrected chi connectivity index (χ3v) is 5.51. The van der Waals surface area contributed by atoms with Crippen molar-refractivity contribution in [2.75, 3.05) is 26.7 Å². The first-order valence-electron chi connectivity index (χ1n) is 10.7. The van der Waals surface area contributed by atoms with E-state index in [1.54, 1.807) is 0 Å². The maximum Gasteiger partial charge on any atom is 0.191 e. The molecule has 1 heterocycles. The van der Waals surface area contributed by atoms with Gasteiger partial charge in [-0.05, 0) is 58.7 Å². The molecule has 0 bridgehead atoms. The van der Waals surface area contributed by atoms with Gasteiger partial charge in [-0.2, -0.15) is 5.10 Å². The summed E-state index contributed by atoms with van der Waals surface area (Å²) in [6.07, 6.45) is 1.98. The molecular formula is C23H39IN6. The van der Waals surface area contributed by atoms with Crippen molar-refractivity contribution in [1.82, 2.24) is 25.3 Å². The van der Waals surface area contributed by atoms with Crippen LogP contribution in [-0.4, -0.2) is 53.4 Å². The number of nitrogens with one attached hydrogen (secondary N) is 2. The lowest BCUT2D eigenvalue weighted by Gasteiger charge is -2.24. The van der Waals surface area contributed by atoms with Crippen LogP contribution in [0.2, 0.25) is 0 Å². The fourth-order valence-corrected chi connectivity index (χ4v) is 3.44. The zero-order valence-electron chi connectivity index (χ0n) is 19.4. The van der Waals surface area contributed by atoms with Crippen LogP contribution in [0.5, 0.6) is 0 Å². The Morgan fingerprint density at radius 2 is 1.90 bits per heavy atom. The van der Waals surface area contributed by atoms with Crippen LogP contribution >= 0.6 is 24.0 Å². The lowest BCUT2D eigenvalue weighted by Crippen LogP contribution is -2.38. The zero-order chi connectivity index (χ0) is 21.2. The Kier molecular flexibility index (Phi) is 12.0. The van der Waals surface area contributed by atoms with Gasteiger partial charge in [0.2, 0.25) is 0 Å². The summed E-state index contributed by atoms with van der Waals surface area (Å²) in [5, 5.41) is 11.3. The molecule has 0 radical (unpaired) electrons. The summed E-state index contributed by atoms with van der Waals surface area (Å²) in [6.45, 7) is 12.1. The summed E-state index contributed by atoms with van der Waals surface area (Å²) in [7, 11) is 4.18. The average molecular weight is 527 g/mol. The molecule has 2 rings (SSSR count). The van der Waals surface area contributed by atoms with Gasteiger partial charge in [0.05, 0.1) is 5.69 Å². The summed E-state index contributed by atoms with van der Waals surface area (Å²) in [5.41, 5.74) is 5.03. The fourth-order valence-electron chi connectivity index (χ4n) is 3.44. The first-order valence-corrected chi connectivity index (χ1v) is 10.7. The Hall–Kier alpha value is -1.61. The van der Waals surface area contributed by atoms with Crippen molar-refractivity contribution in [2.45, 2.75) is 53.1 Å². The number of aryl methyl sites for hydroxylation is 2. The first kappa shape index (κ1) is 26.4. The van der Waals surface area contributed by atoms with Crippen molar-refractivity contribution in [3.05, 3.63) is 52.8 Å². The van der Waals surface area contributed by atoms with Crippen molar-refractivity contribution in [2.24, 2.45) is 12.0 Å². The van der Waals surface area contributed by atoms with Crippen LogP contribution in [0.1, 0.15) is 42.8 Å². The minimum Gasteiger partial charge on any atom is -0.357 e. The highest BCUT2D eigenvalue weighted by molar-refractivity contribution is 14.0. The molecule has 6 nitrogen and oxygen atoms in total. The second kappa shape index (κ2) is 13.6. The van der Waals surface area contributed by atoms with Gasteiger partial charge in [-0.25, -0.2) is 0 Å². The highest BCUT2D eigenvalue weighted by Crippen LogP contribution is 2.12. The molecule has 0 fully saturated rings. The van der Waals surface area contributed by atoms with Gasteiger partial charge in [-0.3, -0.25) is 14.6 Å². The molecule has 0 aliphatic carbocycles. The number of rotatable bonds is 10. The van der Waals surface area contributed by atoms with Gasteiger partial charge in [0.15, 0.2) is 5.96 Å². The number of benzene rings is 1. The van der Waals surface area contributed by atoms with Crippen LogP contribution in [-0.2, 0) is 20.0 Å². The van der Waals surface area contributed by atoms with Gasteiger partial charge < -0.3 is 10.6 Å². The molecule has 2 N–H and O–H groups in total. The molecule has 1 atom stereocenters. The van der Waals surface area contributed by atoms with E-state index in [-0.39, 0.29) is 24.0 Å². The van der Waals surface area contributed by atoms with Gasteiger partial charge in [0, 0.05) is 45.0 Å². The second-order valence-electron chi connectivity index (χ2n) is 7.75. The van der Waals surface area contributed by atoms with E-state index in [0.29, 0.717) is 6.04 Å². The van der Waals surface area contributed by atoms with Crippen LogP contribution in [0.15, 0.2) is 35.3 Å². The molecule has 168 valence electrons. The Bertz CT molecular complexity index is 772. The van der Waals surface area contributed by atoms with E-state index in [4.69, 9.17) is 4.99 Å². The fraction of sp³-hybridized carbons (Fsp3) is 0.565.